The molecule has 1 aromatic rings. The van der Waals surface area contributed by atoms with E-state index in [0.29, 0.717) is 41.9 Å². The van der Waals surface area contributed by atoms with Crippen LogP contribution in [0.4, 0.5) is 0 Å². The molecule has 1 aromatic carbocycles. The van der Waals surface area contributed by atoms with Gasteiger partial charge in [-0.15, -0.1) is 0 Å². The maximum Gasteiger partial charge on any atom is 0.253 e. The van der Waals surface area contributed by atoms with E-state index in [1.165, 1.54) is 12.8 Å². The van der Waals surface area contributed by atoms with Crippen molar-refractivity contribution in [3.63, 3.8) is 0 Å². The van der Waals surface area contributed by atoms with Crippen LogP contribution in [0.3, 0.4) is 0 Å². The lowest BCUT2D eigenvalue weighted by molar-refractivity contribution is 0.0779. The zero-order valence-corrected chi connectivity index (χ0v) is 16.2. The fourth-order valence-electron chi connectivity index (χ4n) is 3.96. The Labute approximate surface area is 160 Å². The number of amides is 1. The maximum atomic E-state index is 12.9. The highest BCUT2D eigenvalue weighted by Gasteiger charge is 2.36. The highest BCUT2D eigenvalue weighted by molar-refractivity contribution is 6.32. The summed E-state index contributed by atoms with van der Waals surface area (Å²) in [6, 6.07) is 5.24. The van der Waals surface area contributed by atoms with Crippen LogP contribution in [0.25, 0.3) is 0 Å². The van der Waals surface area contributed by atoms with Crippen LogP contribution in [0.15, 0.2) is 18.2 Å². The minimum absolute atomic E-state index is 0.0173. The quantitative estimate of drug-likeness (QED) is 0.790. The molecule has 0 bridgehead atoms. The lowest BCUT2D eigenvalue weighted by atomic mass is 9.96. The van der Waals surface area contributed by atoms with Gasteiger partial charge in [0.25, 0.3) is 5.91 Å². The van der Waals surface area contributed by atoms with Crippen molar-refractivity contribution in [3.05, 3.63) is 28.8 Å². The number of hydrogen-bond donors (Lipinski definition) is 1. The van der Waals surface area contributed by atoms with Crippen molar-refractivity contribution >= 4 is 17.5 Å². The van der Waals surface area contributed by atoms with E-state index >= 15 is 0 Å². The molecule has 2 aliphatic rings. The fourth-order valence-corrected chi connectivity index (χ4v) is 4.20. The van der Waals surface area contributed by atoms with Crippen LogP contribution < -0.4 is 4.74 Å². The zero-order valence-electron chi connectivity index (χ0n) is 15.5. The third kappa shape index (κ3) is 4.51. The highest BCUT2D eigenvalue weighted by atomic mass is 35.5. The molecule has 144 valence electrons. The molecular weight excluding hydrogens is 352 g/mol. The monoisotopic (exact) mass is 380 g/mol. The van der Waals surface area contributed by atoms with Gasteiger partial charge in [-0.3, -0.25) is 4.79 Å². The molecule has 1 amide bonds. The van der Waals surface area contributed by atoms with E-state index in [9.17, 15) is 9.90 Å². The van der Waals surface area contributed by atoms with Gasteiger partial charge in [0.1, 0.15) is 5.75 Å². The molecule has 0 aliphatic carbocycles. The second kappa shape index (κ2) is 9.07. The van der Waals surface area contributed by atoms with Gasteiger partial charge in [-0.05, 0) is 56.5 Å². The van der Waals surface area contributed by atoms with Gasteiger partial charge >= 0.3 is 0 Å². The normalized spacial score (nSPS) is 23.6. The Morgan fingerprint density at radius 1 is 1.27 bits per heavy atom. The molecule has 0 unspecified atom stereocenters. The summed E-state index contributed by atoms with van der Waals surface area (Å²) in [5, 5.41) is 10.2. The molecule has 0 aromatic heterocycles. The average Bonchev–Trinajstić information content (AvgIpc) is 3.30. The number of rotatable bonds is 7. The third-order valence-corrected chi connectivity index (χ3v) is 5.73. The van der Waals surface area contributed by atoms with Gasteiger partial charge in [0, 0.05) is 37.7 Å². The molecule has 2 saturated heterocycles. The molecule has 5 nitrogen and oxygen atoms in total. The first-order chi connectivity index (χ1) is 12.6. The van der Waals surface area contributed by atoms with Crippen LogP contribution in [0.1, 0.15) is 36.5 Å². The Morgan fingerprint density at radius 2 is 2.00 bits per heavy atom. The largest absolute Gasteiger partial charge is 0.492 e. The Balaban J connectivity index is 1.64. The number of halogens is 1. The molecule has 2 heterocycles. The molecule has 26 heavy (non-hydrogen) atoms. The third-order valence-electron chi connectivity index (χ3n) is 5.43. The van der Waals surface area contributed by atoms with Crippen LogP contribution >= 0.6 is 11.6 Å². The highest BCUT2D eigenvalue weighted by Crippen LogP contribution is 2.29. The minimum atomic E-state index is -0.0173. The van der Waals surface area contributed by atoms with Crippen molar-refractivity contribution in [2.45, 2.75) is 26.2 Å². The summed E-state index contributed by atoms with van der Waals surface area (Å²) in [7, 11) is 0. The van der Waals surface area contributed by atoms with Crippen LogP contribution in [-0.4, -0.2) is 66.8 Å². The van der Waals surface area contributed by atoms with E-state index in [0.717, 1.165) is 26.1 Å². The van der Waals surface area contributed by atoms with Crippen molar-refractivity contribution in [2.75, 3.05) is 45.9 Å². The van der Waals surface area contributed by atoms with Crippen molar-refractivity contribution in [1.82, 2.24) is 9.80 Å². The lowest BCUT2D eigenvalue weighted by Gasteiger charge is -2.23. The number of carbonyl (C=O) groups excluding carboxylic acids is 1. The predicted octanol–water partition coefficient (Wildman–Crippen LogP) is 2.91. The Bertz CT molecular complexity index is 619. The summed E-state index contributed by atoms with van der Waals surface area (Å²) >= 11 is 6.27. The molecular formula is C20H29ClN2O3. The van der Waals surface area contributed by atoms with Crippen molar-refractivity contribution in [1.29, 1.82) is 0 Å². The van der Waals surface area contributed by atoms with Crippen LogP contribution in [-0.2, 0) is 0 Å². The predicted molar refractivity (Wildman–Crippen MR) is 103 cm³/mol. The summed E-state index contributed by atoms with van der Waals surface area (Å²) < 4.78 is 5.58. The van der Waals surface area contributed by atoms with Gasteiger partial charge in [0.05, 0.1) is 11.6 Å². The zero-order chi connectivity index (χ0) is 18.5. The Hall–Kier alpha value is -1.30. The van der Waals surface area contributed by atoms with Gasteiger partial charge < -0.3 is 19.6 Å². The first-order valence-electron chi connectivity index (χ1n) is 9.67. The molecule has 6 heteroatoms. The topological polar surface area (TPSA) is 53.0 Å². The first-order valence-corrected chi connectivity index (χ1v) is 10.0. The maximum absolute atomic E-state index is 12.9. The van der Waals surface area contributed by atoms with Crippen LogP contribution in [0.5, 0.6) is 5.75 Å². The Morgan fingerprint density at radius 3 is 2.65 bits per heavy atom. The number of aliphatic hydroxyl groups is 1. The summed E-state index contributed by atoms with van der Waals surface area (Å²) in [6.07, 6.45) is 3.42. The number of nitrogens with zero attached hydrogens (tertiary/aromatic N) is 2. The molecule has 0 spiro atoms. The second-order valence-corrected chi connectivity index (χ2v) is 7.82. The summed E-state index contributed by atoms with van der Waals surface area (Å²) in [6.45, 7) is 7.33. The van der Waals surface area contributed by atoms with E-state index < -0.39 is 0 Å². The van der Waals surface area contributed by atoms with E-state index in [-0.39, 0.29) is 18.4 Å². The van der Waals surface area contributed by atoms with Crippen molar-refractivity contribution in [3.8, 4) is 5.75 Å². The SMILES string of the molecule is CCCOc1ccc(C(=O)N2C[C@@H](CN3CCCC3)[C@@H](CO)C2)cc1Cl. The van der Waals surface area contributed by atoms with E-state index in [1.807, 2.05) is 11.8 Å². The molecule has 2 aliphatic heterocycles. The number of benzene rings is 1. The molecule has 2 fully saturated rings. The van der Waals surface area contributed by atoms with Crippen molar-refractivity contribution < 1.29 is 14.6 Å². The van der Waals surface area contributed by atoms with Gasteiger partial charge in [-0.1, -0.05) is 18.5 Å². The van der Waals surface area contributed by atoms with Gasteiger partial charge in [0.15, 0.2) is 0 Å². The minimum Gasteiger partial charge on any atom is -0.492 e. The standard InChI is InChI=1S/C20H29ClN2O3/c1-2-9-26-19-6-5-15(10-18(19)21)20(25)23-12-16(17(13-23)14-24)11-22-7-3-4-8-22/h5-6,10,16-17,24H,2-4,7-9,11-14H2,1H3/t16-,17-/m1/s1. The van der Waals surface area contributed by atoms with E-state index in [4.69, 9.17) is 16.3 Å². The molecule has 3 rings (SSSR count). The fraction of sp³-hybridized carbons (Fsp3) is 0.650. The number of ether oxygens (including phenoxy) is 1. The first kappa shape index (κ1) is 19.5. The summed E-state index contributed by atoms with van der Waals surface area (Å²) in [5.74, 6) is 1.09. The molecule has 0 radical (unpaired) electrons. The molecule has 2 atom stereocenters. The van der Waals surface area contributed by atoms with E-state index in [2.05, 4.69) is 4.90 Å². The summed E-state index contributed by atoms with van der Waals surface area (Å²) in [4.78, 5) is 17.2. The smallest absolute Gasteiger partial charge is 0.253 e. The number of likely N-dealkylation sites (tertiary alicyclic amines) is 2. The van der Waals surface area contributed by atoms with Crippen molar-refractivity contribution in [2.24, 2.45) is 11.8 Å². The average molecular weight is 381 g/mol. The Kier molecular flexibility index (Phi) is 6.79. The van der Waals surface area contributed by atoms with Gasteiger partial charge in [0.2, 0.25) is 0 Å². The molecule has 1 N–H and O–H groups in total. The number of carbonyl (C=O) groups is 1. The van der Waals surface area contributed by atoms with Gasteiger partial charge in [-0.25, -0.2) is 0 Å². The number of aliphatic hydroxyl groups excluding tert-OH is 1. The lowest BCUT2D eigenvalue weighted by Crippen LogP contribution is -2.32. The summed E-state index contributed by atoms with van der Waals surface area (Å²) in [5.41, 5.74) is 0.581. The number of hydrogen-bond acceptors (Lipinski definition) is 4. The van der Waals surface area contributed by atoms with Crippen LogP contribution in [0.2, 0.25) is 5.02 Å². The second-order valence-electron chi connectivity index (χ2n) is 7.41. The van der Waals surface area contributed by atoms with Gasteiger partial charge in [-0.2, -0.15) is 0 Å². The molecule has 0 saturated carbocycles. The van der Waals surface area contributed by atoms with E-state index in [1.54, 1.807) is 18.2 Å². The van der Waals surface area contributed by atoms with Crippen LogP contribution in [0, 0.1) is 11.8 Å².